The first-order valence-electron chi connectivity index (χ1n) is 5.50. The molecule has 2 heterocycles. The van der Waals surface area contributed by atoms with E-state index in [2.05, 4.69) is 26.3 Å². The normalized spacial score (nSPS) is 26.2. The maximum absolute atomic E-state index is 13.2. The largest absolute Gasteiger partial charge is 0.482 e. The van der Waals surface area contributed by atoms with Crippen molar-refractivity contribution in [3.05, 3.63) is 29.0 Å². The summed E-state index contributed by atoms with van der Waals surface area (Å²) in [4.78, 5) is 4.37. The van der Waals surface area contributed by atoms with Gasteiger partial charge in [0, 0.05) is 24.1 Å². The minimum atomic E-state index is -0.405. The van der Waals surface area contributed by atoms with Crippen molar-refractivity contribution in [3.8, 4) is 5.75 Å². The number of alkyl halides is 1. The molecule has 2 aliphatic heterocycles. The predicted molar refractivity (Wildman–Crippen MR) is 70.4 cm³/mol. The third-order valence-electron chi connectivity index (χ3n) is 2.80. The number of hydrogen-bond donors (Lipinski definition) is 1. The van der Waals surface area contributed by atoms with Gasteiger partial charge in [-0.3, -0.25) is 5.01 Å². The molecule has 1 N–H and O–H groups in total. The number of fused-ring (bicyclic) bond motifs is 1. The van der Waals surface area contributed by atoms with Crippen LogP contribution in [0.15, 0.2) is 23.2 Å². The van der Waals surface area contributed by atoms with Gasteiger partial charge in [0.2, 0.25) is 0 Å². The Morgan fingerprint density at radius 3 is 3.11 bits per heavy atom. The summed E-state index contributed by atoms with van der Waals surface area (Å²) in [5, 5.41) is 2.14. The van der Waals surface area contributed by atoms with Gasteiger partial charge >= 0.3 is 0 Å². The van der Waals surface area contributed by atoms with Crippen molar-refractivity contribution < 1.29 is 9.13 Å². The van der Waals surface area contributed by atoms with E-state index < -0.39 is 5.82 Å². The zero-order chi connectivity index (χ0) is 12.7. The highest BCUT2D eigenvalue weighted by Gasteiger charge is 2.36. The summed E-state index contributed by atoms with van der Waals surface area (Å²) in [5.74, 6) is 0.849. The summed E-state index contributed by atoms with van der Waals surface area (Å²) >= 11 is 9.14. The molecule has 4 nitrogen and oxygen atoms in total. The number of benzene rings is 1. The van der Waals surface area contributed by atoms with E-state index in [1.54, 1.807) is 6.07 Å². The average molecular weight is 335 g/mol. The van der Waals surface area contributed by atoms with Gasteiger partial charge in [0.05, 0.1) is 0 Å². The van der Waals surface area contributed by atoms with Gasteiger partial charge in [0.1, 0.15) is 11.6 Å². The molecule has 7 heteroatoms. The summed E-state index contributed by atoms with van der Waals surface area (Å²) in [7, 11) is 0. The van der Waals surface area contributed by atoms with Crippen molar-refractivity contribution in [2.24, 2.45) is 4.99 Å². The molecule has 96 valence electrons. The van der Waals surface area contributed by atoms with Crippen LogP contribution in [0, 0.1) is 5.82 Å². The molecule has 1 aromatic carbocycles. The number of ether oxygens (including phenoxy) is 1. The van der Waals surface area contributed by atoms with E-state index in [-0.39, 0.29) is 11.2 Å². The zero-order valence-electron chi connectivity index (χ0n) is 9.24. The van der Waals surface area contributed by atoms with Crippen LogP contribution >= 0.6 is 27.5 Å². The molecule has 3 rings (SSSR count). The Bertz CT molecular complexity index is 493. The maximum atomic E-state index is 13.2. The lowest BCUT2D eigenvalue weighted by Gasteiger charge is -2.15. The van der Waals surface area contributed by atoms with Crippen molar-refractivity contribution in [3.63, 3.8) is 0 Å². The smallest absolute Gasteiger partial charge is 0.174 e. The van der Waals surface area contributed by atoms with Crippen LogP contribution in [0.2, 0.25) is 5.02 Å². The highest BCUT2D eigenvalue weighted by Crippen LogP contribution is 2.26. The summed E-state index contributed by atoms with van der Waals surface area (Å²) < 4.78 is 18.9. The molecule has 18 heavy (non-hydrogen) atoms. The van der Waals surface area contributed by atoms with E-state index in [0.717, 1.165) is 18.8 Å². The Labute approximate surface area is 117 Å². The summed E-state index contributed by atoms with van der Waals surface area (Å²) in [5.41, 5.74) is 3.12. The second kappa shape index (κ2) is 4.68. The van der Waals surface area contributed by atoms with Crippen LogP contribution in [0.5, 0.6) is 5.75 Å². The molecule has 0 spiro atoms. The van der Waals surface area contributed by atoms with Crippen LogP contribution in [0.25, 0.3) is 0 Å². The quantitative estimate of drug-likeness (QED) is 0.667. The van der Waals surface area contributed by atoms with Crippen LogP contribution in [0.3, 0.4) is 0 Å². The molecule has 0 bridgehead atoms. The monoisotopic (exact) mass is 333 g/mol. The van der Waals surface area contributed by atoms with E-state index in [9.17, 15) is 4.39 Å². The molecule has 1 aromatic rings. The lowest BCUT2D eigenvalue weighted by Crippen LogP contribution is -2.37. The molecule has 0 amide bonds. The molecule has 2 aliphatic rings. The number of amidine groups is 1. The van der Waals surface area contributed by atoms with Crippen LogP contribution < -0.4 is 10.2 Å². The Hall–Kier alpha value is -0.850. The van der Waals surface area contributed by atoms with Gasteiger partial charge in [-0.25, -0.2) is 9.38 Å². The fourth-order valence-electron chi connectivity index (χ4n) is 2.09. The molecular formula is C11H10BrClFN3O. The fraction of sp³-hybridized carbons (Fsp3) is 0.364. The number of hydrogen-bond acceptors (Lipinski definition) is 4. The molecule has 0 aromatic heterocycles. The van der Waals surface area contributed by atoms with Crippen LogP contribution in [0.4, 0.5) is 4.39 Å². The van der Waals surface area contributed by atoms with Crippen LogP contribution in [0.1, 0.15) is 6.42 Å². The summed E-state index contributed by atoms with van der Waals surface area (Å²) in [6.45, 7) is 0.814. The number of halogens is 3. The first kappa shape index (κ1) is 12.2. The Morgan fingerprint density at radius 2 is 2.33 bits per heavy atom. The van der Waals surface area contributed by atoms with Crippen molar-refractivity contribution >= 4 is 33.4 Å². The van der Waals surface area contributed by atoms with Crippen molar-refractivity contribution in [1.29, 1.82) is 0 Å². The average Bonchev–Trinajstić information content (AvgIpc) is 2.78. The SMILES string of the molecule is Fc1cc(Cl)cc(OC2CCN3NC(Br)N=C23)c1. The van der Waals surface area contributed by atoms with Crippen molar-refractivity contribution in [1.82, 2.24) is 10.4 Å². The molecular weight excluding hydrogens is 324 g/mol. The highest BCUT2D eigenvalue weighted by molar-refractivity contribution is 9.09. The second-order valence-corrected chi connectivity index (χ2v) is 5.41. The minimum Gasteiger partial charge on any atom is -0.482 e. The Morgan fingerprint density at radius 1 is 1.50 bits per heavy atom. The third kappa shape index (κ3) is 2.32. The van der Waals surface area contributed by atoms with Crippen molar-refractivity contribution in [2.75, 3.05) is 6.54 Å². The van der Waals surface area contributed by atoms with E-state index in [4.69, 9.17) is 16.3 Å². The molecule has 0 radical (unpaired) electrons. The van der Waals surface area contributed by atoms with Gasteiger partial charge in [0.25, 0.3) is 0 Å². The zero-order valence-corrected chi connectivity index (χ0v) is 11.6. The number of hydrazine groups is 1. The molecule has 2 unspecified atom stereocenters. The first-order chi connectivity index (χ1) is 8.61. The van der Waals surface area contributed by atoms with Gasteiger partial charge in [-0.1, -0.05) is 11.6 Å². The molecule has 0 saturated carbocycles. The standard InChI is InChI=1S/C11H10BrClFN3O/c12-11-15-10-9(1-2-17(10)16-11)18-8-4-6(13)3-7(14)5-8/h3-5,9,11,16H,1-2H2. The topological polar surface area (TPSA) is 36.9 Å². The van der Waals surface area contributed by atoms with Gasteiger partial charge in [-0.2, -0.15) is 5.43 Å². The summed E-state index contributed by atoms with van der Waals surface area (Å²) in [6, 6.07) is 4.17. The highest BCUT2D eigenvalue weighted by atomic mass is 79.9. The maximum Gasteiger partial charge on any atom is 0.174 e. The van der Waals surface area contributed by atoms with E-state index >= 15 is 0 Å². The van der Waals surface area contributed by atoms with E-state index in [1.165, 1.54) is 12.1 Å². The molecule has 1 saturated heterocycles. The van der Waals surface area contributed by atoms with Crippen molar-refractivity contribution in [2.45, 2.75) is 17.6 Å². The lowest BCUT2D eigenvalue weighted by atomic mass is 10.3. The van der Waals surface area contributed by atoms with Crippen LogP contribution in [-0.4, -0.2) is 28.6 Å². The van der Waals surface area contributed by atoms with Gasteiger partial charge < -0.3 is 4.74 Å². The van der Waals surface area contributed by atoms with Gasteiger partial charge in [-0.15, -0.1) is 0 Å². The molecule has 0 aliphatic carbocycles. The lowest BCUT2D eigenvalue weighted by molar-refractivity contribution is 0.268. The van der Waals surface area contributed by atoms with Crippen LogP contribution in [-0.2, 0) is 0 Å². The second-order valence-electron chi connectivity index (χ2n) is 4.10. The first-order valence-corrected chi connectivity index (χ1v) is 6.79. The Kier molecular flexibility index (Phi) is 3.17. The predicted octanol–water partition coefficient (Wildman–Crippen LogP) is 2.53. The Balaban J connectivity index is 1.79. The third-order valence-corrected chi connectivity index (χ3v) is 3.43. The molecule has 1 fully saturated rings. The number of nitrogens with zero attached hydrogens (tertiary/aromatic N) is 2. The van der Waals surface area contributed by atoms with Gasteiger partial charge in [0.15, 0.2) is 17.0 Å². The molecule has 2 atom stereocenters. The number of nitrogens with one attached hydrogen (secondary N) is 1. The summed E-state index contributed by atoms with van der Waals surface area (Å²) in [6.07, 6.45) is 0.637. The fourth-order valence-corrected chi connectivity index (χ4v) is 2.76. The van der Waals surface area contributed by atoms with Gasteiger partial charge in [-0.05, 0) is 28.1 Å². The van der Waals surface area contributed by atoms with E-state index in [1.807, 2.05) is 5.01 Å². The number of rotatable bonds is 2. The number of aliphatic imine (C=N–C) groups is 1. The van der Waals surface area contributed by atoms with E-state index in [0.29, 0.717) is 10.8 Å². The minimum absolute atomic E-state index is 0.116.